The molecule has 2 heterocycles. The predicted molar refractivity (Wildman–Crippen MR) is 194 cm³/mol. The minimum Gasteiger partial charge on any atom is -0.478 e. The molecule has 0 saturated carbocycles. The third-order valence-electron chi connectivity index (χ3n) is 9.13. The van der Waals surface area contributed by atoms with Crippen LogP contribution in [-0.4, -0.2) is 40.4 Å². The third-order valence-corrected chi connectivity index (χ3v) is 11.1. The summed E-state index contributed by atoms with van der Waals surface area (Å²) in [6.45, 7) is 3.65. The first-order valence-electron chi connectivity index (χ1n) is 16.3. The average Bonchev–Trinajstić information content (AvgIpc) is 3.52. The number of benzene rings is 4. The highest BCUT2D eigenvalue weighted by Gasteiger charge is 2.27. The Balaban J connectivity index is 1.44. The molecule has 49 heavy (non-hydrogen) atoms. The van der Waals surface area contributed by atoms with Crippen molar-refractivity contribution in [3.63, 3.8) is 0 Å². The van der Waals surface area contributed by atoms with Crippen LogP contribution >= 0.6 is 11.6 Å². The Morgan fingerprint density at radius 2 is 1.51 bits per heavy atom. The lowest BCUT2D eigenvalue weighted by Gasteiger charge is -2.25. The van der Waals surface area contributed by atoms with Crippen LogP contribution < -0.4 is 4.72 Å². The fourth-order valence-electron chi connectivity index (χ4n) is 6.82. The molecule has 8 nitrogen and oxygen atoms in total. The van der Waals surface area contributed by atoms with Gasteiger partial charge in [-0.25, -0.2) is 17.9 Å². The van der Waals surface area contributed by atoms with E-state index in [4.69, 9.17) is 11.6 Å². The van der Waals surface area contributed by atoms with Crippen molar-refractivity contribution in [3.8, 4) is 0 Å². The Morgan fingerprint density at radius 3 is 2.08 bits per heavy atom. The molecule has 6 rings (SSSR count). The van der Waals surface area contributed by atoms with Gasteiger partial charge in [0.15, 0.2) is 0 Å². The Labute approximate surface area is 292 Å². The van der Waals surface area contributed by atoms with Gasteiger partial charge in [0.2, 0.25) is 10.0 Å². The maximum absolute atomic E-state index is 13.6. The SMILES string of the molecule is Cc1nn(C)c(C)c1S(=O)(=O)NCCc1c(CCCc2ccc(C(=O)O)cc2)c2cc(Cl)ccc2n1C(c1ccccc1)c1ccccc1. The van der Waals surface area contributed by atoms with Crippen LogP contribution in [0.1, 0.15) is 62.2 Å². The van der Waals surface area contributed by atoms with Crippen LogP contribution in [-0.2, 0) is 36.3 Å². The number of aromatic carboxylic acids is 1. The zero-order valence-corrected chi connectivity index (χ0v) is 29.3. The molecule has 2 aromatic heterocycles. The van der Waals surface area contributed by atoms with Gasteiger partial charge in [-0.15, -0.1) is 0 Å². The number of aromatic nitrogens is 3. The van der Waals surface area contributed by atoms with E-state index >= 15 is 0 Å². The first-order chi connectivity index (χ1) is 23.5. The van der Waals surface area contributed by atoms with Gasteiger partial charge in [0, 0.05) is 41.6 Å². The third kappa shape index (κ3) is 7.20. The van der Waals surface area contributed by atoms with E-state index < -0.39 is 16.0 Å². The second-order valence-corrected chi connectivity index (χ2v) is 14.4. The molecule has 2 N–H and O–H groups in total. The van der Waals surface area contributed by atoms with E-state index in [1.165, 1.54) is 0 Å². The number of halogens is 1. The summed E-state index contributed by atoms with van der Waals surface area (Å²) in [6.07, 6.45) is 2.69. The molecule has 0 atom stereocenters. The summed E-state index contributed by atoms with van der Waals surface area (Å²) >= 11 is 6.64. The van der Waals surface area contributed by atoms with Gasteiger partial charge in [-0.3, -0.25) is 4.68 Å². The highest BCUT2D eigenvalue weighted by Crippen LogP contribution is 2.38. The lowest BCUT2D eigenvalue weighted by Crippen LogP contribution is -2.28. The van der Waals surface area contributed by atoms with Gasteiger partial charge < -0.3 is 9.67 Å². The van der Waals surface area contributed by atoms with E-state index in [2.05, 4.69) is 44.7 Å². The highest BCUT2D eigenvalue weighted by molar-refractivity contribution is 7.89. The number of hydrogen-bond donors (Lipinski definition) is 2. The lowest BCUT2D eigenvalue weighted by atomic mass is 9.97. The van der Waals surface area contributed by atoms with Gasteiger partial charge >= 0.3 is 5.97 Å². The van der Waals surface area contributed by atoms with E-state index in [9.17, 15) is 18.3 Å². The van der Waals surface area contributed by atoms with E-state index in [-0.39, 0.29) is 23.0 Å². The molecule has 0 radical (unpaired) electrons. The van der Waals surface area contributed by atoms with Crippen molar-refractivity contribution in [2.45, 2.75) is 50.5 Å². The minimum atomic E-state index is -3.83. The van der Waals surface area contributed by atoms with Gasteiger partial charge in [0.1, 0.15) is 4.90 Å². The average molecular weight is 695 g/mol. The molecular weight excluding hydrogens is 656 g/mol. The number of carboxylic acids is 1. The fraction of sp³-hybridized carbons (Fsp3) is 0.231. The van der Waals surface area contributed by atoms with Crippen molar-refractivity contribution >= 4 is 38.5 Å². The molecule has 4 aromatic carbocycles. The Bertz CT molecular complexity index is 2170. The van der Waals surface area contributed by atoms with Crippen LogP contribution in [0.5, 0.6) is 0 Å². The molecular formula is C39H39ClN4O4S. The van der Waals surface area contributed by atoms with Crippen LogP contribution in [0, 0.1) is 13.8 Å². The number of carboxylic acid groups (broad SMARTS) is 1. The van der Waals surface area contributed by atoms with Gasteiger partial charge in [0.25, 0.3) is 0 Å². The van der Waals surface area contributed by atoms with E-state index in [0.29, 0.717) is 29.3 Å². The van der Waals surface area contributed by atoms with Crippen LogP contribution in [0.15, 0.2) is 108 Å². The number of carbonyl (C=O) groups is 1. The number of nitrogens with one attached hydrogen (secondary N) is 1. The Hall–Kier alpha value is -4.70. The van der Waals surface area contributed by atoms with Crippen molar-refractivity contribution in [1.82, 2.24) is 19.1 Å². The zero-order valence-electron chi connectivity index (χ0n) is 27.7. The highest BCUT2D eigenvalue weighted by atomic mass is 35.5. The molecule has 6 aromatic rings. The monoisotopic (exact) mass is 694 g/mol. The smallest absolute Gasteiger partial charge is 0.335 e. The number of hydrogen-bond acceptors (Lipinski definition) is 4. The molecule has 0 spiro atoms. The largest absolute Gasteiger partial charge is 0.478 e. The maximum atomic E-state index is 13.6. The molecule has 0 amide bonds. The van der Waals surface area contributed by atoms with Crippen molar-refractivity contribution in [2.75, 3.05) is 6.54 Å². The van der Waals surface area contributed by atoms with Crippen molar-refractivity contribution in [3.05, 3.63) is 153 Å². The van der Waals surface area contributed by atoms with E-state index in [0.717, 1.165) is 51.7 Å². The normalized spacial score (nSPS) is 11.9. The van der Waals surface area contributed by atoms with Gasteiger partial charge in [0.05, 0.1) is 23.0 Å². The second kappa shape index (κ2) is 14.4. The van der Waals surface area contributed by atoms with E-state index in [1.54, 1.807) is 37.7 Å². The summed E-state index contributed by atoms with van der Waals surface area (Å²) in [5.41, 5.74) is 7.72. The number of sulfonamides is 1. The predicted octanol–water partition coefficient (Wildman–Crippen LogP) is 7.68. The van der Waals surface area contributed by atoms with Crippen LogP contribution in [0.2, 0.25) is 5.02 Å². The summed E-state index contributed by atoms with van der Waals surface area (Å²) < 4.78 is 34.0. The number of rotatable bonds is 13. The zero-order chi connectivity index (χ0) is 34.7. The second-order valence-electron chi connectivity index (χ2n) is 12.3. The Kier molecular flexibility index (Phi) is 10.1. The van der Waals surface area contributed by atoms with Crippen molar-refractivity contribution in [2.24, 2.45) is 7.05 Å². The van der Waals surface area contributed by atoms with Crippen LogP contribution in [0.3, 0.4) is 0 Å². The molecule has 0 bridgehead atoms. The number of aryl methyl sites for hydroxylation is 4. The van der Waals surface area contributed by atoms with Gasteiger partial charge in [-0.1, -0.05) is 84.4 Å². The van der Waals surface area contributed by atoms with Crippen molar-refractivity contribution < 1.29 is 18.3 Å². The molecule has 0 saturated heterocycles. The quantitative estimate of drug-likeness (QED) is 0.129. The van der Waals surface area contributed by atoms with E-state index in [1.807, 2.05) is 60.7 Å². The first-order valence-corrected chi connectivity index (χ1v) is 18.1. The number of fused-ring (bicyclic) bond motifs is 1. The lowest BCUT2D eigenvalue weighted by molar-refractivity contribution is 0.0697. The summed E-state index contributed by atoms with van der Waals surface area (Å²) in [4.78, 5) is 11.6. The van der Waals surface area contributed by atoms with Crippen molar-refractivity contribution in [1.29, 1.82) is 0 Å². The van der Waals surface area contributed by atoms with Crippen LogP contribution in [0.4, 0.5) is 0 Å². The Morgan fingerprint density at radius 1 is 0.878 bits per heavy atom. The number of nitrogens with zero attached hydrogens (tertiary/aromatic N) is 3. The first kappa shape index (κ1) is 34.2. The summed E-state index contributed by atoms with van der Waals surface area (Å²) in [7, 11) is -2.09. The summed E-state index contributed by atoms with van der Waals surface area (Å²) in [6, 6.07) is 33.5. The standard InChI is InChI=1S/C39H39ClN4O4S/c1-26-38(27(2)43(3)42-26)49(47,48)41-24-23-36-33(16-10-11-28-17-19-31(20-18-28)39(45)46)34-25-32(40)21-22-35(34)44(36)37(29-12-6-4-7-13-29)30-14-8-5-9-15-30/h4-9,12-15,17-22,25,37,41H,10-11,16,23-24H2,1-3H3,(H,45,46). The molecule has 10 heteroatoms. The van der Waals surface area contributed by atoms with Gasteiger partial charge in [-0.05, 0) is 85.7 Å². The topological polar surface area (TPSA) is 106 Å². The van der Waals surface area contributed by atoms with Gasteiger partial charge in [-0.2, -0.15) is 5.10 Å². The molecule has 252 valence electrons. The molecule has 0 aliphatic rings. The maximum Gasteiger partial charge on any atom is 0.335 e. The van der Waals surface area contributed by atoms with Crippen LogP contribution in [0.25, 0.3) is 10.9 Å². The summed E-state index contributed by atoms with van der Waals surface area (Å²) in [5, 5.41) is 15.3. The fourth-order valence-corrected chi connectivity index (χ4v) is 8.45. The minimum absolute atomic E-state index is 0.181. The molecule has 0 unspecified atom stereocenters. The molecule has 0 fully saturated rings. The molecule has 0 aliphatic heterocycles. The summed E-state index contributed by atoms with van der Waals surface area (Å²) in [5.74, 6) is -0.947. The molecule has 0 aliphatic carbocycles.